The van der Waals surface area contributed by atoms with Crippen LogP contribution in [0.5, 0.6) is 0 Å². The molecule has 4 heteroatoms. The summed E-state index contributed by atoms with van der Waals surface area (Å²) in [6.07, 6.45) is 5.39. The lowest BCUT2D eigenvalue weighted by Crippen LogP contribution is -2.25. The van der Waals surface area contributed by atoms with E-state index in [9.17, 15) is 0 Å². The Morgan fingerprint density at radius 1 is 1.20 bits per heavy atom. The van der Waals surface area contributed by atoms with E-state index in [1.165, 1.54) is 24.1 Å². The number of nitrogens with zero attached hydrogens (tertiary/aromatic N) is 3. The Labute approximate surface area is 118 Å². The first-order chi connectivity index (χ1) is 9.81. The highest BCUT2D eigenvalue weighted by Gasteiger charge is 2.28. The molecule has 1 fully saturated rings. The second-order valence-corrected chi connectivity index (χ2v) is 5.71. The van der Waals surface area contributed by atoms with Gasteiger partial charge in [-0.3, -0.25) is 0 Å². The summed E-state index contributed by atoms with van der Waals surface area (Å²) in [6, 6.07) is 11.6. The molecule has 0 spiro atoms. The summed E-state index contributed by atoms with van der Waals surface area (Å²) < 4.78 is 0. The summed E-state index contributed by atoms with van der Waals surface area (Å²) in [5, 5.41) is 3.37. The number of para-hydroxylation sites is 1. The Morgan fingerprint density at radius 3 is 2.90 bits per heavy atom. The van der Waals surface area contributed by atoms with Crippen molar-refractivity contribution in [1.29, 1.82) is 0 Å². The van der Waals surface area contributed by atoms with Crippen molar-refractivity contribution in [2.45, 2.75) is 38.3 Å². The molecule has 1 unspecified atom stereocenters. The van der Waals surface area contributed by atoms with E-state index in [-0.39, 0.29) is 0 Å². The van der Waals surface area contributed by atoms with Gasteiger partial charge in [-0.1, -0.05) is 18.2 Å². The molecular formula is C16H18N4. The standard InChI is InChI=1S/C16H18N4/c1-11-10-12-4-2-3-5-14(12)20(11)15-8-9-17-16(19-15)18-13-6-7-13/h2-5,8-9,11,13H,6-7,10H2,1H3,(H,17,18,19). The molecule has 0 bridgehead atoms. The van der Waals surface area contributed by atoms with Gasteiger partial charge in [-0.15, -0.1) is 0 Å². The molecular weight excluding hydrogens is 248 g/mol. The second-order valence-electron chi connectivity index (χ2n) is 5.71. The van der Waals surface area contributed by atoms with Gasteiger partial charge in [0.2, 0.25) is 5.95 Å². The fourth-order valence-electron chi connectivity index (χ4n) is 2.88. The van der Waals surface area contributed by atoms with Crippen molar-refractivity contribution in [1.82, 2.24) is 9.97 Å². The van der Waals surface area contributed by atoms with Crippen LogP contribution in [0.3, 0.4) is 0 Å². The minimum absolute atomic E-state index is 0.441. The normalized spacial score (nSPS) is 20.9. The number of rotatable bonds is 3. The van der Waals surface area contributed by atoms with Crippen LogP contribution in [-0.2, 0) is 6.42 Å². The Kier molecular flexibility index (Phi) is 2.62. The van der Waals surface area contributed by atoms with Gasteiger partial charge in [0.15, 0.2) is 0 Å². The number of anilines is 3. The molecule has 4 rings (SSSR count). The van der Waals surface area contributed by atoms with E-state index in [0.717, 1.165) is 18.2 Å². The predicted molar refractivity (Wildman–Crippen MR) is 80.4 cm³/mol. The first kappa shape index (κ1) is 11.7. The summed E-state index contributed by atoms with van der Waals surface area (Å²) >= 11 is 0. The lowest BCUT2D eigenvalue weighted by atomic mass is 10.1. The van der Waals surface area contributed by atoms with Crippen LogP contribution in [0, 0.1) is 0 Å². The Hall–Kier alpha value is -2.10. The average Bonchev–Trinajstić information content (AvgIpc) is 3.19. The van der Waals surface area contributed by atoms with E-state index in [1.54, 1.807) is 0 Å². The van der Waals surface area contributed by atoms with Crippen LogP contribution in [0.1, 0.15) is 25.3 Å². The van der Waals surface area contributed by atoms with E-state index < -0.39 is 0 Å². The van der Waals surface area contributed by atoms with Crippen LogP contribution in [-0.4, -0.2) is 22.1 Å². The maximum absolute atomic E-state index is 4.69. The van der Waals surface area contributed by atoms with E-state index in [2.05, 4.69) is 51.4 Å². The second kappa shape index (κ2) is 4.47. The quantitative estimate of drug-likeness (QED) is 0.926. The molecule has 1 aromatic heterocycles. The minimum Gasteiger partial charge on any atom is -0.351 e. The lowest BCUT2D eigenvalue weighted by molar-refractivity contribution is 0.749. The van der Waals surface area contributed by atoms with Crippen molar-refractivity contribution in [3.63, 3.8) is 0 Å². The molecule has 1 atom stereocenters. The van der Waals surface area contributed by atoms with E-state index >= 15 is 0 Å². The van der Waals surface area contributed by atoms with Gasteiger partial charge in [0, 0.05) is 24.0 Å². The lowest BCUT2D eigenvalue weighted by Gasteiger charge is -2.24. The first-order valence-electron chi connectivity index (χ1n) is 7.28. The van der Waals surface area contributed by atoms with Crippen molar-refractivity contribution in [3.05, 3.63) is 42.1 Å². The molecule has 1 aromatic carbocycles. The SMILES string of the molecule is CC1Cc2ccccc2N1c1ccnc(NC2CC2)n1. The number of benzene rings is 1. The van der Waals surface area contributed by atoms with Gasteiger partial charge in [-0.2, -0.15) is 4.98 Å². The first-order valence-corrected chi connectivity index (χ1v) is 7.28. The summed E-state index contributed by atoms with van der Waals surface area (Å²) in [7, 11) is 0. The molecule has 1 saturated carbocycles. The van der Waals surface area contributed by atoms with Crippen LogP contribution < -0.4 is 10.2 Å². The third kappa shape index (κ3) is 2.01. The highest BCUT2D eigenvalue weighted by molar-refractivity contribution is 5.69. The molecule has 20 heavy (non-hydrogen) atoms. The molecule has 2 aliphatic rings. The number of nitrogens with one attached hydrogen (secondary N) is 1. The summed E-state index contributed by atoms with van der Waals surface area (Å²) in [4.78, 5) is 11.3. The number of hydrogen-bond acceptors (Lipinski definition) is 4. The van der Waals surface area contributed by atoms with Gasteiger partial charge in [0.05, 0.1) is 0 Å². The van der Waals surface area contributed by atoms with Crippen molar-refractivity contribution in [3.8, 4) is 0 Å². The van der Waals surface area contributed by atoms with E-state index in [1.807, 2.05) is 12.3 Å². The topological polar surface area (TPSA) is 41.1 Å². The predicted octanol–water partition coefficient (Wildman–Crippen LogP) is 3.13. The molecule has 102 valence electrons. The Balaban J connectivity index is 1.69. The summed E-state index contributed by atoms with van der Waals surface area (Å²) in [5.74, 6) is 1.74. The van der Waals surface area contributed by atoms with Gasteiger partial charge >= 0.3 is 0 Å². The van der Waals surface area contributed by atoms with Gasteiger partial charge in [0.25, 0.3) is 0 Å². The van der Waals surface area contributed by atoms with Gasteiger partial charge in [-0.25, -0.2) is 4.98 Å². The molecule has 1 aliphatic heterocycles. The zero-order valence-electron chi connectivity index (χ0n) is 11.6. The van der Waals surface area contributed by atoms with Crippen molar-refractivity contribution >= 4 is 17.5 Å². The molecule has 4 nitrogen and oxygen atoms in total. The molecule has 2 aromatic rings. The Bertz CT molecular complexity index is 636. The number of aromatic nitrogens is 2. The van der Waals surface area contributed by atoms with E-state index in [0.29, 0.717) is 12.1 Å². The summed E-state index contributed by atoms with van der Waals surface area (Å²) in [6.45, 7) is 2.25. The minimum atomic E-state index is 0.441. The van der Waals surface area contributed by atoms with Crippen LogP contribution in [0.2, 0.25) is 0 Å². The van der Waals surface area contributed by atoms with Crippen LogP contribution in [0.15, 0.2) is 36.5 Å². The van der Waals surface area contributed by atoms with Gasteiger partial charge in [0.1, 0.15) is 5.82 Å². The maximum Gasteiger partial charge on any atom is 0.224 e. The molecule has 0 amide bonds. The molecule has 1 aliphatic carbocycles. The van der Waals surface area contributed by atoms with Crippen LogP contribution in [0.25, 0.3) is 0 Å². The van der Waals surface area contributed by atoms with Crippen molar-refractivity contribution in [2.75, 3.05) is 10.2 Å². The third-order valence-electron chi connectivity index (χ3n) is 4.01. The smallest absolute Gasteiger partial charge is 0.224 e. The van der Waals surface area contributed by atoms with Gasteiger partial charge in [-0.05, 0) is 43.9 Å². The van der Waals surface area contributed by atoms with E-state index in [4.69, 9.17) is 0 Å². The largest absolute Gasteiger partial charge is 0.351 e. The zero-order chi connectivity index (χ0) is 13.5. The number of fused-ring (bicyclic) bond motifs is 1. The maximum atomic E-state index is 4.69. The third-order valence-corrected chi connectivity index (χ3v) is 4.01. The van der Waals surface area contributed by atoms with Gasteiger partial charge < -0.3 is 10.2 Å². The molecule has 0 saturated heterocycles. The Morgan fingerprint density at radius 2 is 2.05 bits per heavy atom. The van der Waals surface area contributed by atoms with Crippen LogP contribution >= 0.6 is 0 Å². The summed E-state index contributed by atoms with van der Waals surface area (Å²) in [5.41, 5.74) is 2.67. The average molecular weight is 266 g/mol. The fraction of sp³-hybridized carbons (Fsp3) is 0.375. The monoisotopic (exact) mass is 266 g/mol. The highest BCUT2D eigenvalue weighted by Crippen LogP contribution is 2.37. The molecule has 2 heterocycles. The highest BCUT2D eigenvalue weighted by atomic mass is 15.3. The zero-order valence-corrected chi connectivity index (χ0v) is 11.6. The van der Waals surface area contributed by atoms with Crippen LogP contribution in [0.4, 0.5) is 17.5 Å². The fourth-order valence-corrected chi connectivity index (χ4v) is 2.88. The molecule has 1 N–H and O–H groups in total. The number of hydrogen-bond donors (Lipinski definition) is 1. The van der Waals surface area contributed by atoms with Crippen molar-refractivity contribution < 1.29 is 0 Å². The molecule has 0 radical (unpaired) electrons. The van der Waals surface area contributed by atoms with Crippen molar-refractivity contribution in [2.24, 2.45) is 0 Å².